The summed E-state index contributed by atoms with van der Waals surface area (Å²) in [7, 11) is 4.58. The first-order valence-electron chi connectivity index (χ1n) is 7.81. The highest BCUT2D eigenvalue weighted by atomic mass is 16.5. The molecule has 1 atom stereocenters. The van der Waals surface area contributed by atoms with Crippen molar-refractivity contribution in [2.45, 2.75) is 31.7 Å². The number of aliphatic carboxylic acids is 1. The molecule has 1 aliphatic carbocycles. The zero-order valence-electron chi connectivity index (χ0n) is 14.1. The molecule has 0 radical (unpaired) electrons. The second-order valence-corrected chi connectivity index (χ2v) is 5.71. The lowest BCUT2D eigenvalue weighted by molar-refractivity contribution is -0.142. The molecule has 7 heteroatoms. The number of carbonyl (C=O) groups is 2. The Hall–Kier alpha value is -2.44. The molecule has 1 fully saturated rings. The highest BCUT2D eigenvalue weighted by Crippen LogP contribution is 2.40. The Labute approximate surface area is 140 Å². The minimum Gasteiger partial charge on any atom is -0.493 e. The fraction of sp³-hybridized carbons (Fsp3) is 0.529. The number of rotatable bonds is 9. The summed E-state index contributed by atoms with van der Waals surface area (Å²) in [5.41, 5.74) is 0.795. The van der Waals surface area contributed by atoms with Crippen molar-refractivity contribution in [3.63, 3.8) is 0 Å². The number of benzene rings is 1. The van der Waals surface area contributed by atoms with E-state index in [4.69, 9.17) is 19.3 Å². The fourth-order valence-corrected chi connectivity index (χ4v) is 2.66. The molecule has 7 nitrogen and oxygen atoms in total. The van der Waals surface area contributed by atoms with Gasteiger partial charge in [0.2, 0.25) is 11.7 Å². The number of carboxylic acids is 1. The van der Waals surface area contributed by atoms with Gasteiger partial charge in [0, 0.05) is 6.42 Å². The van der Waals surface area contributed by atoms with E-state index in [-0.39, 0.29) is 18.2 Å². The lowest BCUT2D eigenvalue weighted by Crippen LogP contribution is -2.42. The maximum Gasteiger partial charge on any atom is 0.326 e. The minimum absolute atomic E-state index is 0.0575. The predicted octanol–water partition coefficient (Wildman–Crippen LogP) is 1.62. The lowest BCUT2D eigenvalue weighted by atomic mass is 10.1. The first kappa shape index (κ1) is 17.9. The van der Waals surface area contributed by atoms with Crippen molar-refractivity contribution in [1.82, 2.24) is 5.32 Å². The van der Waals surface area contributed by atoms with Crippen molar-refractivity contribution in [3.8, 4) is 17.2 Å². The summed E-state index contributed by atoms with van der Waals surface area (Å²) in [6.45, 7) is 0. The van der Waals surface area contributed by atoms with Gasteiger partial charge < -0.3 is 24.6 Å². The third kappa shape index (κ3) is 4.10. The van der Waals surface area contributed by atoms with Gasteiger partial charge in [0.05, 0.1) is 21.3 Å². The van der Waals surface area contributed by atoms with Gasteiger partial charge in [-0.25, -0.2) is 4.79 Å². The fourth-order valence-electron chi connectivity index (χ4n) is 2.66. The van der Waals surface area contributed by atoms with Gasteiger partial charge in [-0.3, -0.25) is 4.79 Å². The van der Waals surface area contributed by atoms with Gasteiger partial charge in [0.1, 0.15) is 6.04 Å². The molecule has 0 aromatic heterocycles. The SMILES string of the molecule is COc1ccc(CCC(=O)NC(C(=O)O)C2CC2)c(OC)c1OC. The summed E-state index contributed by atoms with van der Waals surface area (Å²) in [4.78, 5) is 23.2. The van der Waals surface area contributed by atoms with Crippen molar-refractivity contribution >= 4 is 11.9 Å². The zero-order chi connectivity index (χ0) is 17.7. The molecule has 1 aliphatic rings. The van der Waals surface area contributed by atoms with E-state index in [2.05, 4.69) is 5.32 Å². The summed E-state index contributed by atoms with van der Waals surface area (Å²) in [5.74, 6) is 0.325. The molecule has 1 aromatic rings. The van der Waals surface area contributed by atoms with Crippen molar-refractivity contribution in [2.75, 3.05) is 21.3 Å². The number of hydrogen-bond donors (Lipinski definition) is 2. The number of amides is 1. The molecule has 0 saturated heterocycles. The molecule has 0 heterocycles. The normalized spacial score (nSPS) is 14.6. The standard InChI is InChI=1S/C17H23NO6/c1-22-12-8-6-11(15(23-2)16(12)24-3)7-9-13(19)18-14(17(20)21)10-4-5-10/h6,8,10,14H,4-5,7,9H2,1-3H3,(H,18,19)(H,20,21). The lowest BCUT2D eigenvalue weighted by Gasteiger charge is -2.16. The Balaban J connectivity index is 2.03. The monoisotopic (exact) mass is 337 g/mol. The van der Waals surface area contributed by atoms with Crippen LogP contribution in [0.25, 0.3) is 0 Å². The Morgan fingerprint density at radius 2 is 1.83 bits per heavy atom. The van der Waals surface area contributed by atoms with Crippen LogP contribution in [0.15, 0.2) is 12.1 Å². The van der Waals surface area contributed by atoms with Gasteiger partial charge in [-0.2, -0.15) is 0 Å². The van der Waals surface area contributed by atoms with Crippen molar-refractivity contribution in [3.05, 3.63) is 17.7 Å². The Morgan fingerprint density at radius 1 is 1.17 bits per heavy atom. The number of carboxylic acid groups (broad SMARTS) is 1. The summed E-state index contributed by atoms with van der Waals surface area (Å²) in [6.07, 6.45) is 2.27. The largest absolute Gasteiger partial charge is 0.493 e. The third-order valence-electron chi connectivity index (χ3n) is 4.08. The first-order chi connectivity index (χ1) is 11.5. The van der Waals surface area contributed by atoms with Crippen LogP contribution in [-0.4, -0.2) is 44.4 Å². The van der Waals surface area contributed by atoms with Gasteiger partial charge >= 0.3 is 5.97 Å². The molecular formula is C17H23NO6. The molecule has 2 N–H and O–H groups in total. The summed E-state index contributed by atoms with van der Waals surface area (Å²) in [5, 5.41) is 11.8. The summed E-state index contributed by atoms with van der Waals surface area (Å²) in [6, 6.07) is 2.77. The van der Waals surface area contributed by atoms with Crippen LogP contribution in [0.4, 0.5) is 0 Å². The van der Waals surface area contributed by atoms with Crippen LogP contribution in [0.5, 0.6) is 17.2 Å². The Kier molecular flexibility index (Phi) is 5.89. The molecule has 1 aromatic carbocycles. The van der Waals surface area contributed by atoms with Crippen molar-refractivity contribution < 1.29 is 28.9 Å². The topological polar surface area (TPSA) is 94.1 Å². The molecule has 0 spiro atoms. The van der Waals surface area contributed by atoms with Crippen LogP contribution >= 0.6 is 0 Å². The maximum absolute atomic E-state index is 12.1. The van der Waals surface area contributed by atoms with Gasteiger partial charge in [0.15, 0.2) is 11.5 Å². The van der Waals surface area contributed by atoms with Gasteiger partial charge in [-0.05, 0) is 36.8 Å². The van der Waals surface area contributed by atoms with E-state index in [0.29, 0.717) is 23.7 Å². The smallest absolute Gasteiger partial charge is 0.326 e. The number of methoxy groups -OCH3 is 3. The molecule has 132 valence electrons. The van der Waals surface area contributed by atoms with E-state index in [1.54, 1.807) is 6.07 Å². The number of ether oxygens (including phenoxy) is 3. The van der Waals surface area contributed by atoms with Crippen LogP contribution in [0, 0.1) is 5.92 Å². The van der Waals surface area contributed by atoms with Crippen LogP contribution in [0.2, 0.25) is 0 Å². The molecule has 0 bridgehead atoms. The molecule has 24 heavy (non-hydrogen) atoms. The number of nitrogens with one attached hydrogen (secondary N) is 1. The quantitative estimate of drug-likeness (QED) is 0.711. The average molecular weight is 337 g/mol. The van der Waals surface area contributed by atoms with E-state index in [9.17, 15) is 9.59 Å². The molecular weight excluding hydrogens is 314 g/mol. The summed E-state index contributed by atoms with van der Waals surface area (Å²) >= 11 is 0. The van der Waals surface area contributed by atoms with Crippen LogP contribution in [0.3, 0.4) is 0 Å². The highest BCUT2D eigenvalue weighted by Gasteiger charge is 2.37. The Morgan fingerprint density at radius 3 is 2.33 bits per heavy atom. The van der Waals surface area contributed by atoms with Crippen molar-refractivity contribution in [1.29, 1.82) is 0 Å². The second-order valence-electron chi connectivity index (χ2n) is 5.71. The third-order valence-corrected chi connectivity index (χ3v) is 4.08. The molecule has 1 saturated carbocycles. The van der Waals surface area contributed by atoms with E-state index >= 15 is 0 Å². The van der Waals surface area contributed by atoms with E-state index in [1.807, 2.05) is 6.07 Å². The van der Waals surface area contributed by atoms with Crippen LogP contribution < -0.4 is 19.5 Å². The summed E-state index contributed by atoms with van der Waals surface area (Å²) < 4.78 is 15.9. The molecule has 0 aliphatic heterocycles. The van der Waals surface area contributed by atoms with Gasteiger partial charge in [-0.15, -0.1) is 0 Å². The predicted molar refractivity (Wildman–Crippen MR) is 86.7 cm³/mol. The molecule has 1 unspecified atom stereocenters. The second kappa shape index (κ2) is 7.90. The average Bonchev–Trinajstić information content (AvgIpc) is 3.41. The number of aryl methyl sites for hydroxylation is 1. The van der Waals surface area contributed by atoms with E-state index in [0.717, 1.165) is 18.4 Å². The number of carbonyl (C=O) groups excluding carboxylic acids is 1. The maximum atomic E-state index is 12.1. The molecule has 1 amide bonds. The molecule has 2 rings (SSSR count). The Bertz CT molecular complexity index is 611. The highest BCUT2D eigenvalue weighted by molar-refractivity contribution is 5.84. The van der Waals surface area contributed by atoms with Crippen LogP contribution in [-0.2, 0) is 16.0 Å². The van der Waals surface area contributed by atoms with Gasteiger partial charge in [-0.1, -0.05) is 6.07 Å². The zero-order valence-corrected chi connectivity index (χ0v) is 14.1. The minimum atomic E-state index is -0.977. The first-order valence-corrected chi connectivity index (χ1v) is 7.81. The van der Waals surface area contributed by atoms with Crippen LogP contribution in [0.1, 0.15) is 24.8 Å². The van der Waals surface area contributed by atoms with E-state index in [1.165, 1.54) is 21.3 Å². The van der Waals surface area contributed by atoms with E-state index < -0.39 is 12.0 Å². The number of hydrogen-bond acceptors (Lipinski definition) is 5. The van der Waals surface area contributed by atoms with Gasteiger partial charge in [0.25, 0.3) is 0 Å². The van der Waals surface area contributed by atoms with Crippen molar-refractivity contribution in [2.24, 2.45) is 5.92 Å².